The van der Waals surface area contributed by atoms with Gasteiger partial charge in [-0.1, -0.05) is 6.42 Å². The molecule has 2 unspecified atom stereocenters. The Hall–Kier alpha value is -1.30. The molecule has 0 aliphatic heterocycles. The second kappa shape index (κ2) is 5.83. The van der Waals surface area contributed by atoms with Crippen molar-refractivity contribution in [1.29, 1.82) is 0 Å². The molecule has 0 spiro atoms. The van der Waals surface area contributed by atoms with Gasteiger partial charge in [0.2, 0.25) is 0 Å². The highest BCUT2D eigenvalue weighted by Gasteiger charge is 2.33. The molecule has 0 heterocycles. The summed E-state index contributed by atoms with van der Waals surface area (Å²) in [5.74, 6) is -2.52. The van der Waals surface area contributed by atoms with E-state index in [2.05, 4.69) is 0 Å². The lowest BCUT2D eigenvalue weighted by Gasteiger charge is -2.27. The summed E-state index contributed by atoms with van der Waals surface area (Å²) in [6.45, 7) is 1.46. The van der Waals surface area contributed by atoms with Gasteiger partial charge in [-0.2, -0.15) is 0 Å². The van der Waals surface area contributed by atoms with Crippen molar-refractivity contribution in [2.75, 3.05) is 6.26 Å². The summed E-state index contributed by atoms with van der Waals surface area (Å²) < 4.78 is 50.3. The third-order valence-electron chi connectivity index (χ3n) is 4.12. The number of carbonyl (C=O) groups is 1. The Labute approximate surface area is 123 Å². The van der Waals surface area contributed by atoms with E-state index in [0.29, 0.717) is 25.3 Å². The van der Waals surface area contributed by atoms with Gasteiger partial charge in [0.1, 0.15) is 21.5 Å². The molecule has 116 valence electrons. The normalized spacial score (nSPS) is 23.0. The zero-order valence-electron chi connectivity index (χ0n) is 12.0. The molecule has 0 saturated heterocycles. The quantitative estimate of drug-likeness (QED) is 0.805. The minimum absolute atomic E-state index is 0.145. The SMILES string of the molecule is Cc1cc(C(=O)C2CCCC(S(C)(=O)=O)C2)c(F)cc1F. The van der Waals surface area contributed by atoms with Crippen LogP contribution in [0, 0.1) is 24.5 Å². The summed E-state index contributed by atoms with van der Waals surface area (Å²) in [6, 6.07) is 1.91. The third kappa shape index (κ3) is 3.48. The van der Waals surface area contributed by atoms with Crippen LogP contribution in [0.25, 0.3) is 0 Å². The fourth-order valence-corrected chi connectivity index (χ4v) is 4.01. The van der Waals surface area contributed by atoms with E-state index >= 15 is 0 Å². The van der Waals surface area contributed by atoms with Gasteiger partial charge in [-0.3, -0.25) is 4.79 Å². The Morgan fingerprint density at radius 3 is 2.48 bits per heavy atom. The molecule has 6 heteroatoms. The van der Waals surface area contributed by atoms with Gasteiger partial charge in [0.25, 0.3) is 0 Å². The van der Waals surface area contributed by atoms with E-state index < -0.39 is 38.4 Å². The number of carbonyl (C=O) groups excluding carboxylic acids is 1. The van der Waals surface area contributed by atoms with E-state index in [1.807, 2.05) is 0 Å². The number of aryl methyl sites for hydroxylation is 1. The highest BCUT2D eigenvalue weighted by atomic mass is 32.2. The molecular weight excluding hydrogens is 298 g/mol. The Morgan fingerprint density at radius 1 is 1.19 bits per heavy atom. The standard InChI is InChI=1S/C15H18F2O3S/c1-9-6-12(14(17)8-13(9)16)15(18)10-4-3-5-11(7-10)21(2,19)20/h6,8,10-11H,3-5,7H2,1-2H3. The first kappa shape index (κ1) is 16.1. The Bertz CT molecular complexity index is 668. The summed E-state index contributed by atoms with van der Waals surface area (Å²) in [7, 11) is -3.21. The van der Waals surface area contributed by atoms with Gasteiger partial charge >= 0.3 is 0 Å². The lowest BCUT2D eigenvalue weighted by atomic mass is 9.83. The van der Waals surface area contributed by atoms with Gasteiger partial charge < -0.3 is 0 Å². The topological polar surface area (TPSA) is 51.2 Å². The van der Waals surface area contributed by atoms with E-state index in [0.717, 1.165) is 6.26 Å². The van der Waals surface area contributed by atoms with E-state index in [1.54, 1.807) is 0 Å². The van der Waals surface area contributed by atoms with Crippen molar-refractivity contribution in [3.05, 3.63) is 34.9 Å². The van der Waals surface area contributed by atoms with Crippen molar-refractivity contribution in [2.24, 2.45) is 5.92 Å². The van der Waals surface area contributed by atoms with Crippen molar-refractivity contribution in [3.63, 3.8) is 0 Å². The first-order valence-corrected chi connectivity index (χ1v) is 8.84. The molecule has 21 heavy (non-hydrogen) atoms. The van der Waals surface area contributed by atoms with Crippen molar-refractivity contribution in [2.45, 2.75) is 37.9 Å². The molecule has 3 nitrogen and oxygen atoms in total. The number of rotatable bonds is 3. The molecule has 1 aromatic rings. The second-order valence-corrected chi connectivity index (χ2v) is 8.09. The van der Waals surface area contributed by atoms with Crippen LogP contribution in [0.15, 0.2) is 12.1 Å². The summed E-state index contributed by atoms with van der Waals surface area (Å²) >= 11 is 0. The zero-order chi connectivity index (χ0) is 15.8. The molecule has 1 aliphatic carbocycles. The molecule has 0 bridgehead atoms. The maximum atomic E-state index is 13.8. The van der Waals surface area contributed by atoms with Gasteiger partial charge in [0, 0.05) is 18.2 Å². The molecule has 1 aliphatic rings. The molecule has 2 atom stereocenters. The number of halogens is 2. The number of hydrogen-bond acceptors (Lipinski definition) is 3. The molecule has 0 radical (unpaired) electrons. The van der Waals surface area contributed by atoms with Gasteiger partial charge in [-0.05, 0) is 37.8 Å². The summed E-state index contributed by atoms with van der Waals surface area (Å²) in [6.07, 6.45) is 3.07. The van der Waals surface area contributed by atoms with Gasteiger partial charge in [0.05, 0.1) is 10.8 Å². The molecule has 0 aromatic heterocycles. The van der Waals surface area contributed by atoms with Crippen LogP contribution in [0.2, 0.25) is 0 Å². The van der Waals surface area contributed by atoms with Crippen molar-refractivity contribution >= 4 is 15.6 Å². The third-order valence-corrected chi connectivity index (χ3v) is 5.76. The predicted octanol–water partition coefficient (Wildman–Crippen LogP) is 3.06. The molecule has 1 saturated carbocycles. The van der Waals surface area contributed by atoms with Crippen LogP contribution in [-0.4, -0.2) is 25.7 Å². The number of ketones is 1. The van der Waals surface area contributed by atoms with Crippen LogP contribution < -0.4 is 0 Å². The molecule has 1 aromatic carbocycles. The lowest BCUT2D eigenvalue weighted by molar-refractivity contribution is 0.0886. The van der Waals surface area contributed by atoms with Crippen molar-refractivity contribution in [1.82, 2.24) is 0 Å². The fourth-order valence-electron chi connectivity index (χ4n) is 2.84. The van der Waals surface area contributed by atoms with E-state index in [1.165, 1.54) is 13.0 Å². The van der Waals surface area contributed by atoms with Crippen LogP contribution in [0.3, 0.4) is 0 Å². The van der Waals surface area contributed by atoms with E-state index in [-0.39, 0.29) is 17.5 Å². The average Bonchev–Trinajstić information content (AvgIpc) is 2.41. The van der Waals surface area contributed by atoms with E-state index in [4.69, 9.17) is 0 Å². The number of Topliss-reactive ketones (excluding diaryl/α,β-unsaturated/α-hetero) is 1. The Morgan fingerprint density at radius 2 is 1.86 bits per heavy atom. The maximum absolute atomic E-state index is 13.8. The van der Waals surface area contributed by atoms with Crippen LogP contribution in [0.4, 0.5) is 8.78 Å². The summed E-state index contributed by atoms with van der Waals surface area (Å²) in [4.78, 5) is 12.4. The minimum atomic E-state index is -3.21. The highest BCUT2D eigenvalue weighted by Crippen LogP contribution is 2.31. The van der Waals surface area contributed by atoms with Crippen LogP contribution in [0.5, 0.6) is 0 Å². The largest absolute Gasteiger partial charge is 0.294 e. The number of hydrogen-bond donors (Lipinski definition) is 0. The second-order valence-electron chi connectivity index (χ2n) is 5.76. The summed E-state index contributed by atoms with van der Waals surface area (Å²) in [5.41, 5.74) is 0.0586. The van der Waals surface area contributed by atoms with Crippen LogP contribution >= 0.6 is 0 Å². The molecule has 1 fully saturated rings. The minimum Gasteiger partial charge on any atom is -0.294 e. The smallest absolute Gasteiger partial charge is 0.168 e. The van der Waals surface area contributed by atoms with Crippen molar-refractivity contribution < 1.29 is 22.0 Å². The van der Waals surface area contributed by atoms with Crippen molar-refractivity contribution in [3.8, 4) is 0 Å². The van der Waals surface area contributed by atoms with Gasteiger partial charge in [0.15, 0.2) is 5.78 Å². The first-order valence-electron chi connectivity index (χ1n) is 6.89. The fraction of sp³-hybridized carbons (Fsp3) is 0.533. The van der Waals surface area contributed by atoms with Crippen LogP contribution in [0.1, 0.15) is 41.6 Å². The lowest BCUT2D eigenvalue weighted by Crippen LogP contribution is -2.31. The zero-order valence-corrected chi connectivity index (χ0v) is 12.8. The Balaban J connectivity index is 2.26. The van der Waals surface area contributed by atoms with E-state index in [9.17, 15) is 22.0 Å². The number of benzene rings is 1. The predicted molar refractivity (Wildman–Crippen MR) is 76.0 cm³/mol. The highest BCUT2D eigenvalue weighted by molar-refractivity contribution is 7.91. The molecular formula is C15H18F2O3S. The molecule has 2 rings (SSSR count). The molecule has 0 amide bonds. The monoisotopic (exact) mass is 316 g/mol. The number of sulfone groups is 1. The van der Waals surface area contributed by atoms with Crippen LogP contribution in [-0.2, 0) is 9.84 Å². The maximum Gasteiger partial charge on any atom is 0.168 e. The van der Waals surface area contributed by atoms with Gasteiger partial charge in [-0.15, -0.1) is 0 Å². The first-order chi connectivity index (χ1) is 9.70. The van der Waals surface area contributed by atoms with Gasteiger partial charge in [-0.25, -0.2) is 17.2 Å². The average molecular weight is 316 g/mol. The summed E-state index contributed by atoms with van der Waals surface area (Å²) in [5, 5.41) is -0.551. The Kier molecular flexibility index (Phi) is 4.46. The molecule has 0 N–H and O–H groups in total.